The maximum atomic E-state index is 14.4. The summed E-state index contributed by atoms with van der Waals surface area (Å²) in [6, 6.07) is 7.83. The molecule has 0 saturated carbocycles. The predicted octanol–water partition coefficient (Wildman–Crippen LogP) is 5.11. The van der Waals surface area contributed by atoms with E-state index >= 15 is 0 Å². The number of likely N-dealkylation sites (tertiary alicyclic amines) is 1. The van der Waals surface area contributed by atoms with E-state index < -0.39 is 23.8 Å². The number of imidazole rings is 1. The first kappa shape index (κ1) is 32.4. The van der Waals surface area contributed by atoms with Crippen LogP contribution in [0, 0.1) is 18.7 Å². The first-order valence-corrected chi connectivity index (χ1v) is 15.8. The van der Waals surface area contributed by atoms with Gasteiger partial charge in [-0.1, -0.05) is 26.7 Å². The second-order valence-corrected chi connectivity index (χ2v) is 12.1. The van der Waals surface area contributed by atoms with E-state index in [1.165, 1.54) is 6.07 Å². The summed E-state index contributed by atoms with van der Waals surface area (Å²) in [6.07, 6.45) is 9.05. The summed E-state index contributed by atoms with van der Waals surface area (Å²) in [6.45, 7) is 6.47. The van der Waals surface area contributed by atoms with Crippen molar-refractivity contribution in [2.45, 2.75) is 84.0 Å². The number of hydrogen-bond donors (Lipinski definition) is 2. The summed E-state index contributed by atoms with van der Waals surface area (Å²) < 4.78 is 27.4. The predicted molar refractivity (Wildman–Crippen MR) is 167 cm³/mol. The van der Waals surface area contributed by atoms with Gasteiger partial charge in [0.15, 0.2) is 11.5 Å². The summed E-state index contributed by atoms with van der Waals surface area (Å²) in [7, 11) is 0. The number of ether oxygens (including phenoxy) is 2. The Hall–Kier alpha value is -3.96. The minimum atomic E-state index is -0.949. The number of aromatic nitrogens is 2. The molecule has 0 spiro atoms. The van der Waals surface area contributed by atoms with Gasteiger partial charge in [-0.2, -0.15) is 0 Å². The summed E-state index contributed by atoms with van der Waals surface area (Å²) in [5.74, 6) is -1.76. The maximum absolute atomic E-state index is 14.4. The zero-order chi connectivity index (χ0) is 32.1. The highest BCUT2D eigenvalue weighted by Gasteiger charge is 2.47. The molecule has 3 atom stereocenters. The third kappa shape index (κ3) is 6.99. The number of benzene rings is 2. The zero-order valence-electron chi connectivity index (χ0n) is 26.2. The molecule has 1 aromatic heterocycles. The van der Waals surface area contributed by atoms with Crippen molar-refractivity contribution >= 4 is 17.6 Å². The average molecular weight is 623 g/mol. The highest BCUT2D eigenvalue weighted by atomic mass is 19.1. The highest BCUT2D eigenvalue weighted by molar-refractivity contribution is 5.95. The van der Waals surface area contributed by atoms with Crippen molar-refractivity contribution in [3.8, 4) is 11.5 Å². The zero-order valence-corrected chi connectivity index (χ0v) is 26.2. The normalized spacial score (nSPS) is 19.4. The Balaban J connectivity index is 1.51. The van der Waals surface area contributed by atoms with Gasteiger partial charge in [-0.3, -0.25) is 14.5 Å². The fraction of sp³-hybridized carbons (Fsp3) is 0.500. The molecule has 2 aliphatic heterocycles. The second kappa shape index (κ2) is 14.4. The molecule has 1 amide bonds. The quantitative estimate of drug-likeness (QED) is 0.255. The van der Waals surface area contributed by atoms with E-state index in [-0.39, 0.29) is 37.7 Å². The van der Waals surface area contributed by atoms with Crippen LogP contribution in [0.5, 0.6) is 11.5 Å². The Labute approximate surface area is 263 Å². The Kier molecular flexibility index (Phi) is 10.4. The number of aryl methyl sites for hydroxylation is 2. The van der Waals surface area contributed by atoms with Crippen LogP contribution < -0.4 is 14.4 Å². The smallest absolute Gasteiger partial charge is 0.308 e. The maximum Gasteiger partial charge on any atom is 0.308 e. The number of anilines is 1. The molecule has 45 heavy (non-hydrogen) atoms. The number of carbonyl (C=O) groups is 2. The van der Waals surface area contributed by atoms with E-state index in [0.717, 1.165) is 31.2 Å². The Morgan fingerprint density at radius 2 is 1.93 bits per heavy atom. The summed E-state index contributed by atoms with van der Waals surface area (Å²) >= 11 is 0. The molecule has 2 N–H and O–H groups in total. The van der Waals surface area contributed by atoms with Crippen LogP contribution in [-0.2, 0) is 22.7 Å². The number of carboxylic acids is 1. The number of nitrogens with zero attached hydrogens (tertiary/aromatic N) is 4. The lowest BCUT2D eigenvalue weighted by Crippen LogP contribution is -2.48. The fourth-order valence-electron chi connectivity index (χ4n) is 6.98. The molecule has 1 saturated heterocycles. The minimum Gasteiger partial charge on any atom is -0.481 e. The Morgan fingerprint density at radius 3 is 2.58 bits per heavy atom. The van der Waals surface area contributed by atoms with Crippen molar-refractivity contribution in [1.29, 1.82) is 0 Å². The van der Waals surface area contributed by atoms with Crippen LogP contribution in [0.25, 0.3) is 0 Å². The van der Waals surface area contributed by atoms with E-state index in [0.29, 0.717) is 47.8 Å². The van der Waals surface area contributed by atoms with E-state index in [9.17, 15) is 24.2 Å². The minimum absolute atomic E-state index is 0.00658. The van der Waals surface area contributed by atoms with Crippen molar-refractivity contribution in [2.75, 3.05) is 24.8 Å². The van der Waals surface area contributed by atoms with Crippen molar-refractivity contribution in [2.24, 2.45) is 5.92 Å². The van der Waals surface area contributed by atoms with Gasteiger partial charge >= 0.3 is 5.97 Å². The highest BCUT2D eigenvalue weighted by Crippen LogP contribution is 2.44. The number of hydrogen-bond acceptors (Lipinski definition) is 7. The number of halogens is 1. The molecule has 0 radical (unpaired) electrons. The second-order valence-electron chi connectivity index (χ2n) is 12.1. The first-order valence-electron chi connectivity index (χ1n) is 15.8. The molecule has 1 fully saturated rings. The third-order valence-corrected chi connectivity index (χ3v) is 9.08. The van der Waals surface area contributed by atoms with Crippen LogP contribution in [0.2, 0.25) is 0 Å². The standard InChI is InChI=1S/C34H43FN4O6/c1-4-6-25(7-5-2)39(26-8-9-28(35)22(3)14-26)31(41)18-38-17-27(23-15-24(19-40)33-30(16-23)44-21-45-33)32(34(42)43)29(38)10-12-37-13-11-36-20-37/h8-9,11,13-16,20,25,27,29,32,40H,4-7,10,12,17-19,21H2,1-3H3,(H,42,43)/t27-,29+,32-/m1/s1. The molecule has 242 valence electrons. The lowest BCUT2D eigenvalue weighted by atomic mass is 9.83. The molecule has 5 rings (SSSR count). The van der Waals surface area contributed by atoms with Crippen molar-refractivity contribution in [3.63, 3.8) is 0 Å². The summed E-state index contributed by atoms with van der Waals surface area (Å²) in [5, 5.41) is 20.7. The van der Waals surface area contributed by atoms with E-state index in [1.54, 1.807) is 48.6 Å². The largest absolute Gasteiger partial charge is 0.481 e. The molecule has 0 aliphatic carbocycles. The molecule has 11 heteroatoms. The number of aliphatic carboxylic acids is 1. The SMILES string of the molecule is CCCC(CCC)N(C(=O)CN1C[C@H](c2cc(CO)c3c(c2)OCO3)[C@@H](C(=O)O)[C@@H]1CCn1ccnc1)c1ccc(F)c(C)c1. The van der Waals surface area contributed by atoms with Gasteiger partial charge in [-0.15, -0.1) is 0 Å². The Morgan fingerprint density at radius 1 is 1.16 bits per heavy atom. The van der Waals surface area contributed by atoms with E-state index in [4.69, 9.17) is 9.47 Å². The molecule has 10 nitrogen and oxygen atoms in total. The van der Waals surface area contributed by atoms with Crippen LogP contribution in [0.1, 0.15) is 68.6 Å². The van der Waals surface area contributed by atoms with Gasteiger partial charge in [0.2, 0.25) is 12.7 Å². The summed E-state index contributed by atoms with van der Waals surface area (Å²) in [5.41, 5.74) is 2.37. The summed E-state index contributed by atoms with van der Waals surface area (Å²) in [4.78, 5) is 35.3. The molecule has 3 heterocycles. The first-order chi connectivity index (χ1) is 21.7. The van der Waals surface area contributed by atoms with Crippen LogP contribution in [0.3, 0.4) is 0 Å². The van der Waals surface area contributed by atoms with Crippen LogP contribution in [-0.4, -0.2) is 68.5 Å². The monoisotopic (exact) mass is 622 g/mol. The van der Waals surface area contributed by atoms with Crippen LogP contribution >= 0.6 is 0 Å². The number of aliphatic hydroxyl groups is 1. The molecular weight excluding hydrogens is 579 g/mol. The molecule has 3 aromatic rings. The van der Waals surface area contributed by atoms with E-state index in [2.05, 4.69) is 18.8 Å². The van der Waals surface area contributed by atoms with Gasteiger partial charge in [0.05, 0.1) is 25.4 Å². The number of amides is 1. The van der Waals surface area contributed by atoms with Crippen LogP contribution in [0.4, 0.5) is 10.1 Å². The third-order valence-electron chi connectivity index (χ3n) is 9.08. The van der Waals surface area contributed by atoms with Crippen molar-refractivity contribution < 1.29 is 33.7 Å². The van der Waals surface area contributed by atoms with Gasteiger partial charge in [0.25, 0.3) is 0 Å². The number of rotatable bonds is 14. The lowest BCUT2D eigenvalue weighted by molar-refractivity contribution is -0.143. The van der Waals surface area contributed by atoms with Crippen LogP contribution in [0.15, 0.2) is 49.1 Å². The molecule has 2 aromatic carbocycles. The average Bonchev–Trinajstić information content (AvgIpc) is 3.78. The molecular formula is C34H43FN4O6. The number of carboxylic acid groups (broad SMARTS) is 1. The van der Waals surface area contributed by atoms with Gasteiger partial charge in [0.1, 0.15) is 5.82 Å². The van der Waals surface area contributed by atoms with Gasteiger partial charge in [-0.05, 0) is 67.6 Å². The van der Waals surface area contributed by atoms with Crippen molar-refractivity contribution in [3.05, 3.63) is 71.6 Å². The van der Waals surface area contributed by atoms with Gasteiger partial charge in [-0.25, -0.2) is 9.37 Å². The molecule has 2 aliphatic rings. The fourth-order valence-corrected chi connectivity index (χ4v) is 6.98. The topological polar surface area (TPSA) is 117 Å². The van der Waals surface area contributed by atoms with Gasteiger partial charge in [0, 0.05) is 54.7 Å². The number of aliphatic hydroxyl groups excluding tert-OH is 1. The number of carbonyl (C=O) groups excluding carboxylic acids is 1. The van der Waals surface area contributed by atoms with Crippen molar-refractivity contribution in [1.82, 2.24) is 14.5 Å². The Bertz CT molecular complexity index is 1480. The molecule has 0 unspecified atom stereocenters. The lowest BCUT2D eigenvalue weighted by Gasteiger charge is -2.35. The molecule has 0 bridgehead atoms. The number of fused-ring (bicyclic) bond motifs is 1. The van der Waals surface area contributed by atoms with Gasteiger partial charge < -0.3 is 29.2 Å². The van der Waals surface area contributed by atoms with E-state index in [1.807, 2.05) is 15.7 Å².